The molecule has 3 rings (SSSR count). The van der Waals surface area contributed by atoms with Gasteiger partial charge in [-0.2, -0.15) is 5.10 Å². The number of nitrogens with one attached hydrogen (secondary N) is 2. The van der Waals surface area contributed by atoms with Crippen LogP contribution in [0.5, 0.6) is 0 Å². The molecule has 1 aliphatic rings. The molecular weight excluding hydrogens is 282 g/mol. The van der Waals surface area contributed by atoms with Gasteiger partial charge in [-0.05, 0) is 43.2 Å². The van der Waals surface area contributed by atoms with Gasteiger partial charge in [0.2, 0.25) is 0 Å². The summed E-state index contributed by atoms with van der Waals surface area (Å²) in [7, 11) is 0. The number of hydrogen-bond donors (Lipinski definition) is 2. The van der Waals surface area contributed by atoms with Crippen LogP contribution in [0.15, 0.2) is 12.3 Å². The third-order valence-electron chi connectivity index (χ3n) is 4.32. The maximum Gasteiger partial charge on any atom is 0.266 e. The normalized spacial score (nSPS) is 17.5. The summed E-state index contributed by atoms with van der Waals surface area (Å²) >= 11 is 1.64. The average Bonchev–Trinajstić information content (AvgIpc) is 3.12. The molecule has 112 valence electrons. The van der Waals surface area contributed by atoms with Crippen LogP contribution < -0.4 is 5.32 Å². The Hall–Kier alpha value is -1.62. The number of aromatic nitrogens is 2. The number of nitrogens with zero attached hydrogens (tertiary/aromatic N) is 1. The van der Waals surface area contributed by atoms with Gasteiger partial charge in [-0.25, -0.2) is 0 Å². The summed E-state index contributed by atoms with van der Waals surface area (Å²) in [6.45, 7) is 4.30. The molecular formula is C16H21N3OS. The van der Waals surface area contributed by atoms with E-state index in [1.54, 1.807) is 17.5 Å². The smallest absolute Gasteiger partial charge is 0.266 e. The van der Waals surface area contributed by atoms with E-state index in [1.807, 2.05) is 0 Å². The van der Waals surface area contributed by atoms with E-state index >= 15 is 0 Å². The molecule has 0 bridgehead atoms. The second-order valence-electron chi connectivity index (χ2n) is 5.65. The molecule has 0 aliphatic heterocycles. The van der Waals surface area contributed by atoms with Crippen molar-refractivity contribution in [3.05, 3.63) is 33.1 Å². The first kappa shape index (κ1) is 14.3. The Balaban J connectivity index is 1.76. The van der Waals surface area contributed by atoms with Gasteiger partial charge in [-0.3, -0.25) is 9.89 Å². The van der Waals surface area contributed by atoms with Crippen LogP contribution in [0.25, 0.3) is 0 Å². The molecule has 2 aromatic heterocycles. The molecule has 2 N–H and O–H groups in total. The SMILES string of the molecule is CCc1cn[nH]c1NC(=O)c1cc2c(s1)CCC(CC)C2. The number of anilines is 1. The quantitative estimate of drug-likeness (QED) is 0.902. The molecule has 0 saturated carbocycles. The monoisotopic (exact) mass is 303 g/mol. The molecule has 0 radical (unpaired) electrons. The highest BCUT2D eigenvalue weighted by Gasteiger charge is 2.22. The van der Waals surface area contributed by atoms with E-state index in [9.17, 15) is 4.79 Å². The molecule has 1 atom stereocenters. The fourth-order valence-corrected chi connectivity index (χ4v) is 4.03. The number of aryl methyl sites for hydroxylation is 2. The number of fused-ring (bicyclic) bond motifs is 1. The van der Waals surface area contributed by atoms with Gasteiger partial charge in [-0.15, -0.1) is 11.3 Å². The van der Waals surface area contributed by atoms with E-state index in [2.05, 4.69) is 35.4 Å². The fraction of sp³-hybridized carbons (Fsp3) is 0.500. The second-order valence-corrected chi connectivity index (χ2v) is 6.79. The van der Waals surface area contributed by atoms with Crippen molar-refractivity contribution in [3.63, 3.8) is 0 Å². The zero-order valence-electron chi connectivity index (χ0n) is 12.5. The Morgan fingerprint density at radius 2 is 2.38 bits per heavy atom. The van der Waals surface area contributed by atoms with Crippen molar-refractivity contribution in [2.75, 3.05) is 5.32 Å². The van der Waals surface area contributed by atoms with Crippen molar-refractivity contribution < 1.29 is 4.79 Å². The summed E-state index contributed by atoms with van der Waals surface area (Å²) in [5.74, 6) is 1.48. The summed E-state index contributed by atoms with van der Waals surface area (Å²) < 4.78 is 0. The number of rotatable bonds is 4. The first-order valence-corrected chi connectivity index (χ1v) is 8.48. The summed E-state index contributed by atoms with van der Waals surface area (Å²) in [6, 6.07) is 2.08. The number of aromatic amines is 1. The summed E-state index contributed by atoms with van der Waals surface area (Å²) in [6.07, 6.45) is 7.35. The Bertz CT molecular complexity index is 644. The summed E-state index contributed by atoms with van der Waals surface area (Å²) in [5, 5.41) is 9.79. The van der Waals surface area contributed by atoms with E-state index < -0.39 is 0 Å². The van der Waals surface area contributed by atoms with Crippen LogP contribution in [0.1, 0.15) is 52.4 Å². The molecule has 2 heterocycles. The van der Waals surface area contributed by atoms with Crippen molar-refractivity contribution in [2.45, 2.75) is 46.0 Å². The van der Waals surface area contributed by atoms with E-state index in [-0.39, 0.29) is 5.91 Å². The topological polar surface area (TPSA) is 57.8 Å². The fourth-order valence-electron chi connectivity index (χ4n) is 2.92. The van der Waals surface area contributed by atoms with Crippen LogP contribution in [-0.2, 0) is 19.3 Å². The lowest BCUT2D eigenvalue weighted by Gasteiger charge is -2.19. The van der Waals surface area contributed by atoms with Gasteiger partial charge in [-0.1, -0.05) is 20.3 Å². The van der Waals surface area contributed by atoms with Crippen molar-refractivity contribution in [2.24, 2.45) is 5.92 Å². The number of hydrogen-bond acceptors (Lipinski definition) is 3. The van der Waals surface area contributed by atoms with Crippen LogP contribution >= 0.6 is 11.3 Å². The standard InChI is InChI=1S/C16H21N3OS/c1-3-10-5-6-13-12(7-10)8-14(21-13)16(20)18-15-11(4-2)9-17-19-15/h8-10H,3-7H2,1-2H3,(H2,17,18,19,20). The lowest BCUT2D eigenvalue weighted by Crippen LogP contribution is -2.12. The van der Waals surface area contributed by atoms with Gasteiger partial charge >= 0.3 is 0 Å². The van der Waals surface area contributed by atoms with Gasteiger partial charge in [0.25, 0.3) is 5.91 Å². The van der Waals surface area contributed by atoms with Gasteiger partial charge in [0.1, 0.15) is 5.82 Å². The third-order valence-corrected chi connectivity index (χ3v) is 5.56. The predicted octanol–water partition coefficient (Wildman–Crippen LogP) is 3.80. The van der Waals surface area contributed by atoms with Crippen LogP contribution in [-0.4, -0.2) is 16.1 Å². The largest absolute Gasteiger partial charge is 0.306 e. The minimum atomic E-state index is -0.0265. The van der Waals surface area contributed by atoms with Crippen molar-refractivity contribution >= 4 is 23.1 Å². The van der Waals surface area contributed by atoms with Gasteiger partial charge in [0.05, 0.1) is 11.1 Å². The summed E-state index contributed by atoms with van der Waals surface area (Å²) in [5.41, 5.74) is 2.42. The minimum Gasteiger partial charge on any atom is -0.306 e. The molecule has 0 fully saturated rings. The Labute approximate surface area is 129 Å². The molecule has 1 aliphatic carbocycles. The van der Waals surface area contributed by atoms with E-state index in [4.69, 9.17) is 0 Å². The van der Waals surface area contributed by atoms with Crippen molar-refractivity contribution in [3.8, 4) is 0 Å². The Morgan fingerprint density at radius 3 is 3.14 bits per heavy atom. The predicted molar refractivity (Wildman–Crippen MR) is 86.0 cm³/mol. The minimum absolute atomic E-state index is 0.0265. The first-order chi connectivity index (χ1) is 10.2. The van der Waals surface area contributed by atoms with Crippen LogP contribution in [0.2, 0.25) is 0 Å². The van der Waals surface area contributed by atoms with Crippen LogP contribution in [0.3, 0.4) is 0 Å². The van der Waals surface area contributed by atoms with Gasteiger partial charge < -0.3 is 5.32 Å². The summed E-state index contributed by atoms with van der Waals surface area (Å²) in [4.78, 5) is 14.6. The molecule has 0 spiro atoms. The highest BCUT2D eigenvalue weighted by atomic mass is 32.1. The molecule has 4 nitrogen and oxygen atoms in total. The number of carbonyl (C=O) groups excluding carboxylic acids is 1. The maximum absolute atomic E-state index is 12.4. The highest BCUT2D eigenvalue weighted by molar-refractivity contribution is 7.14. The van der Waals surface area contributed by atoms with Crippen LogP contribution in [0, 0.1) is 5.92 Å². The number of thiophene rings is 1. The Kier molecular flexibility index (Phi) is 4.10. The zero-order chi connectivity index (χ0) is 14.8. The number of amides is 1. The third kappa shape index (κ3) is 2.88. The van der Waals surface area contributed by atoms with Crippen LogP contribution in [0.4, 0.5) is 5.82 Å². The molecule has 0 aromatic carbocycles. The molecule has 5 heteroatoms. The molecule has 21 heavy (non-hydrogen) atoms. The lowest BCUT2D eigenvalue weighted by atomic mass is 9.87. The second kappa shape index (κ2) is 6.02. The van der Waals surface area contributed by atoms with E-state index in [0.717, 1.165) is 41.4 Å². The lowest BCUT2D eigenvalue weighted by molar-refractivity contribution is 0.103. The van der Waals surface area contributed by atoms with E-state index in [1.165, 1.54) is 23.3 Å². The van der Waals surface area contributed by atoms with Crippen molar-refractivity contribution in [1.82, 2.24) is 10.2 Å². The molecule has 0 saturated heterocycles. The maximum atomic E-state index is 12.4. The number of carbonyl (C=O) groups is 1. The van der Waals surface area contributed by atoms with Gasteiger partial charge in [0.15, 0.2) is 0 Å². The zero-order valence-corrected chi connectivity index (χ0v) is 13.3. The molecule has 1 unspecified atom stereocenters. The molecule has 2 aromatic rings. The van der Waals surface area contributed by atoms with E-state index in [0.29, 0.717) is 0 Å². The molecule has 1 amide bonds. The van der Waals surface area contributed by atoms with Crippen molar-refractivity contribution in [1.29, 1.82) is 0 Å². The first-order valence-electron chi connectivity index (χ1n) is 7.66. The number of H-pyrrole nitrogens is 1. The average molecular weight is 303 g/mol. The van der Waals surface area contributed by atoms with Gasteiger partial charge in [0, 0.05) is 10.4 Å². The highest BCUT2D eigenvalue weighted by Crippen LogP contribution is 2.33. The Morgan fingerprint density at radius 1 is 1.52 bits per heavy atom.